The maximum Gasteiger partial charge on any atom is 0.0547 e. The van der Waals surface area contributed by atoms with Gasteiger partial charge in [-0.3, -0.25) is 9.88 Å². The van der Waals surface area contributed by atoms with E-state index in [-0.39, 0.29) is 0 Å². The molecule has 4 nitrogen and oxygen atoms in total. The molecule has 0 unspecified atom stereocenters. The van der Waals surface area contributed by atoms with Crippen molar-refractivity contribution < 1.29 is 0 Å². The van der Waals surface area contributed by atoms with Crippen molar-refractivity contribution in [3.8, 4) is 0 Å². The van der Waals surface area contributed by atoms with Crippen molar-refractivity contribution in [2.24, 2.45) is 0 Å². The van der Waals surface area contributed by atoms with E-state index in [0.29, 0.717) is 0 Å². The topological polar surface area (TPSA) is 40.2 Å². The Hall–Kier alpha value is -0.940. The van der Waals surface area contributed by atoms with Crippen molar-refractivity contribution in [3.05, 3.63) is 18.5 Å². The third-order valence-corrected chi connectivity index (χ3v) is 3.92. The lowest BCUT2D eigenvalue weighted by Crippen LogP contribution is -2.36. The van der Waals surface area contributed by atoms with Crippen LogP contribution in [-0.4, -0.2) is 54.1 Å². The summed E-state index contributed by atoms with van der Waals surface area (Å²) in [6.45, 7) is 7.57. The number of hydrogen-bond donors (Lipinski definition) is 2. The molecule has 0 radical (unpaired) electrons. The minimum absolute atomic E-state index is 0.927. The average molecular weight is 266 g/mol. The molecule has 5 heteroatoms. The molecule has 0 bridgehead atoms. The van der Waals surface area contributed by atoms with Crippen LogP contribution in [0.5, 0.6) is 0 Å². The third kappa shape index (κ3) is 4.38. The van der Waals surface area contributed by atoms with Crippen LogP contribution >= 0.6 is 11.8 Å². The van der Waals surface area contributed by atoms with Crippen LogP contribution in [0.4, 0.5) is 11.4 Å². The second-order valence-electron chi connectivity index (χ2n) is 4.37. The van der Waals surface area contributed by atoms with Crippen LogP contribution in [0.15, 0.2) is 18.5 Å². The number of aromatic nitrogens is 1. The minimum Gasteiger partial charge on any atom is -0.384 e. The molecule has 1 fully saturated rings. The van der Waals surface area contributed by atoms with Gasteiger partial charge in [0.25, 0.3) is 0 Å². The predicted octanol–water partition coefficient (Wildman–Crippen LogP) is 1.97. The molecule has 1 aromatic rings. The summed E-state index contributed by atoms with van der Waals surface area (Å²) in [7, 11) is 0. The van der Waals surface area contributed by atoms with E-state index in [1.54, 1.807) is 0 Å². The van der Waals surface area contributed by atoms with Crippen molar-refractivity contribution in [2.45, 2.75) is 6.92 Å². The molecule has 1 aliphatic rings. The largest absolute Gasteiger partial charge is 0.384 e. The zero-order valence-corrected chi connectivity index (χ0v) is 11.8. The molecule has 2 heterocycles. The zero-order valence-electron chi connectivity index (χ0n) is 11.0. The molecule has 0 spiro atoms. The molecule has 0 amide bonds. The fraction of sp³-hybridized carbons (Fsp3) is 0.615. The smallest absolute Gasteiger partial charge is 0.0547 e. The molecule has 0 aromatic carbocycles. The van der Waals surface area contributed by atoms with Gasteiger partial charge >= 0.3 is 0 Å². The first-order chi connectivity index (χ1) is 8.88. The molecular weight excluding hydrogens is 244 g/mol. The van der Waals surface area contributed by atoms with Crippen LogP contribution in [0.3, 0.4) is 0 Å². The summed E-state index contributed by atoms with van der Waals surface area (Å²) in [5.41, 5.74) is 2.18. The van der Waals surface area contributed by atoms with E-state index in [9.17, 15) is 0 Å². The Morgan fingerprint density at radius 1 is 1.22 bits per heavy atom. The summed E-state index contributed by atoms with van der Waals surface area (Å²) in [6.07, 6.45) is 3.74. The Morgan fingerprint density at radius 2 is 1.94 bits per heavy atom. The maximum absolute atomic E-state index is 4.23. The molecule has 0 saturated carbocycles. The second-order valence-corrected chi connectivity index (χ2v) is 5.60. The van der Waals surface area contributed by atoms with E-state index in [0.717, 1.165) is 31.0 Å². The van der Waals surface area contributed by atoms with Gasteiger partial charge in [-0.25, -0.2) is 0 Å². The molecule has 0 aliphatic carbocycles. The van der Waals surface area contributed by atoms with Gasteiger partial charge in [-0.05, 0) is 13.0 Å². The molecule has 1 saturated heterocycles. The van der Waals surface area contributed by atoms with Crippen molar-refractivity contribution in [3.63, 3.8) is 0 Å². The standard InChI is InChI=1S/C13H22N4S/c1-2-15-12-9-13(11-14-10-12)16-3-4-17-5-7-18-8-6-17/h9-11,15-16H,2-8H2,1H3. The number of pyridine rings is 1. The number of nitrogens with one attached hydrogen (secondary N) is 2. The van der Waals surface area contributed by atoms with Gasteiger partial charge in [0.2, 0.25) is 0 Å². The molecular formula is C13H22N4S. The van der Waals surface area contributed by atoms with E-state index in [1.807, 2.05) is 12.4 Å². The van der Waals surface area contributed by atoms with E-state index >= 15 is 0 Å². The van der Waals surface area contributed by atoms with Crippen molar-refractivity contribution in [1.82, 2.24) is 9.88 Å². The summed E-state index contributed by atoms with van der Waals surface area (Å²) in [5, 5.41) is 6.71. The first-order valence-corrected chi connectivity index (χ1v) is 7.77. The van der Waals surface area contributed by atoms with Gasteiger partial charge in [0, 0.05) is 44.2 Å². The fourth-order valence-electron chi connectivity index (χ4n) is 2.02. The van der Waals surface area contributed by atoms with Gasteiger partial charge in [0.1, 0.15) is 0 Å². The van der Waals surface area contributed by atoms with Crippen LogP contribution in [0.2, 0.25) is 0 Å². The highest BCUT2D eigenvalue weighted by Gasteiger charge is 2.09. The quantitative estimate of drug-likeness (QED) is 0.824. The Bertz CT molecular complexity index is 353. The SMILES string of the molecule is CCNc1cncc(NCCN2CCSCC2)c1. The van der Waals surface area contributed by atoms with Crippen LogP contribution in [0.25, 0.3) is 0 Å². The number of anilines is 2. The van der Waals surface area contributed by atoms with Gasteiger partial charge < -0.3 is 10.6 Å². The molecule has 1 aromatic heterocycles. The number of thioether (sulfide) groups is 1. The highest BCUT2D eigenvalue weighted by molar-refractivity contribution is 7.99. The van der Waals surface area contributed by atoms with Crippen molar-refractivity contribution in [2.75, 3.05) is 54.9 Å². The summed E-state index contributed by atoms with van der Waals surface area (Å²) in [6, 6.07) is 2.11. The van der Waals surface area contributed by atoms with Crippen LogP contribution in [-0.2, 0) is 0 Å². The van der Waals surface area contributed by atoms with Crippen molar-refractivity contribution >= 4 is 23.1 Å². The summed E-state index contributed by atoms with van der Waals surface area (Å²) < 4.78 is 0. The molecule has 18 heavy (non-hydrogen) atoms. The molecule has 100 valence electrons. The molecule has 0 atom stereocenters. The van der Waals surface area contributed by atoms with E-state index in [1.165, 1.54) is 24.6 Å². The number of hydrogen-bond acceptors (Lipinski definition) is 5. The van der Waals surface area contributed by atoms with Gasteiger partial charge in [0.05, 0.1) is 23.8 Å². The van der Waals surface area contributed by atoms with Crippen LogP contribution in [0.1, 0.15) is 6.92 Å². The molecule has 1 aliphatic heterocycles. The number of nitrogens with zero attached hydrogens (tertiary/aromatic N) is 2. The minimum atomic E-state index is 0.927. The summed E-state index contributed by atoms with van der Waals surface area (Å²) in [4.78, 5) is 6.75. The first kappa shape index (κ1) is 13.5. The first-order valence-electron chi connectivity index (χ1n) is 6.61. The van der Waals surface area contributed by atoms with Crippen molar-refractivity contribution in [1.29, 1.82) is 0 Å². The molecule has 2 rings (SSSR count). The highest BCUT2D eigenvalue weighted by atomic mass is 32.2. The Balaban J connectivity index is 1.73. The zero-order chi connectivity index (χ0) is 12.6. The monoisotopic (exact) mass is 266 g/mol. The van der Waals surface area contributed by atoms with E-state index < -0.39 is 0 Å². The second kappa shape index (κ2) is 7.48. The van der Waals surface area contributed by atoms with Gasteiger partial charge in [-0.1, -0.05) is 0 Å². The lowest BCUT2D eigenvalue weighted by atomic mass is 10.3. The predicted molar refractivity (Wildman–Crippen MR) is 80.7 cm³/mol. The maximum atomic E-state index is 4.23. The highest BCUT2D eigenvalue weighted by Crippen LogP contribution is 2.13. The Labute approximate surface area is 114 Å². The summed E-state index contributed by atoms with van der Waals surface area (Å²) in [5.74, 6) is 2.55. The summed E-state index contributed by atoms with van der Waals surface area (Å²) >= 11 is 2.06. The Kier molecular flexibility index (Phi) is 5.61. The fourth-order valence-corrected chi connectivity index (χ4v) is 3.00. The van der Waals surface area contributed by atoms with Gasteiger partial charge in [-0.2, -0.15) is 11.8 Å². The van der Waals surface area contributed by atoms with E-state index in [2.05, 4.69) is 45.3 Å². The average Bonchev–Trinajstić information content (AvgIpc) is 2.41. The van der Waals surface area contributed by atoms with E-state index in [4.69, 9.17) is 0 Å². The Morgan fingerprint density at radius 3 is 2.67 bits per heavy atom. The van der Waals surface area contributed by atoms with Gasteiger partial charge in [-0.15, -0.1) is 0 Å². The third-order valence-electron chi connectivity index (χ3n) is 2.98. The number of rotatable bonds is 6. The van der Waals surface area contributed by atoms with Crippen LogP contribution < -0.4 is 10.6 Å². The van der Waals surface area contributed by atoms with Gasteiger partial charge in [0.15, 0.2) is 0 Å². The normalized spacial score (nSPS) is 16.5. The lowest BCUT2D eigenvalue weighted by Gasteiger charge is -2.26. The van der Waals surface area contributed by atoms with Crippen LogP contribution in [0, 0.1) is 0 Å². The lowest BCUT2D eigenvalue weighted by molar-refractivity contribution is 0.314. The molecule has 2 N–H and O–H groups in total.